The van der Waals surface area contributed by atoms with Gasteiger partial charge in [0.1, 0.15) is 5.01 Å². The lowest BCUT2D eigenvalue weighted by atomic mass is 9.89. The van der Waals surface area contributed by atoms with E-state index in [1.807, 2.05) is 35.2 Å². The van der Waals surface area contributed by atoms with Gasteiger partial charge in [0.2, 0.25) is 0 Å². The number of fused-ring (bicyclic) bond motifs is 1. The van der Waals surface area contributed by atoms with E-state index in [0.29, 0.717) is 29.6 Å². The molecule has 3 aromatic rings. The van der Waals surface area contributed by atoms with Crippen molar-refractivity contribution >= 4 is 27.5 Å². The number of rotatable bonds is 9. The topological polar surface area (TPSA) is 54.9 Å². The van der Waals surface area contributed by atoms with Gasteiger partial charge in [-0.3, -0.25) is 9.69 Å². The van der Waals surface area contributed by atoms with E-state index in [2.05, 4.69) is 11.0 Å². The number of hydrogen-bond acceptors (Lipinski definition) is 6. The van der Waals surface area contributed by atoms with Crippen LogP contribution in [0.15, 0.2) is 42.5 Å². The van der Waals surface area contributed by atoms with Gasteiger partial charge in [0.25, 0.3) is 5.91 Å². The summed E-state index contributed by atoms with van der Waals surface area (Å²) in [6.07, 6.45) is 9.16. The number of methoxy groups -OCH3 is 2. The van der Waals surface area contributed by atoms with Crippen molar-refractivity contribution in [3.63, 3.8) is 0 Å². The number of aromatic nitrogens is 1. The summed E-state index contributed by atoms with van der Waals surface area (Å²) in [7, 11) is 3.21. The van der Waals surface area contributed by atoms with Crippen LogP contribution in [0, 0.1) is 5.92 Å². The Morgan fingerprint density at radius 2 is 1.83 bits per heavy atom. The first kappa shape index (κ1) is 25.0. The highest BCUT2D eigenvalue weighted by Crippen LogP contribution is 2.31. The summed E-state index contributed by atoms with van der Waals surface area (Å²) < 4.78 is 12.0. The third-order valence-electron chi connectivity index (χ3n) is 7.73. The molecule has 1 atom stereocenters. The fourth-order valence-corrected chi connectivity index (χ4v) is 6.80. The van der Waals surface area contributed by atoms with E-state index in [0.717, 1.165) is 40.7 Å². The molecule has 2 heterocycles. The number of para-hydroxylation sites is 1. The monoisotopic (exact) mass is 507 g/mol. The van der Waals surface area contributed by atoms with Crippen LogP contribution in [-0.4, -0.2) is 60.6 Å². The van der Waals surface area contributed by atoms with Gasteiger partial charge in [-0.05, 0) is 68.5 Å². The number of amides is 1. The maximum atomic E-state index is 13.9. The Labute approximate surface area is 218 Å². The third kappa shape index (κ3) is 5.68. The molecule has 2 aliphatic rings. The molecule has 0 radical (unpaired) electrons. The van der Waals surface area contributed by atoms with Crippen molar-refractivity contribution in [3.05, 3.63) is 53.0 Å². The number of carbonyl (C=O) groups is 1. The molecule has 2 aromatic carbocycles. The van der Waals surface area contributed by atoms with Crippen molar-refractivity contribution in [1.82, 2.24) is 14.8 Å². The van der Waals surface area contributed by atoms with Crippen LogP contribution in [-0.2, 0) is 6.54 Å². The summed E-state index contributed by atoms with van der Waals surface area (Å²) >= 11 is 1.68. The molecule has 1 aliphatic heterocycles. The first-order valence-corrected chi connectivity index (χ1v) is 14.1. The molecule has 192 valence electrons. The van der Waals surface area contributed by atoms with Crippen molar-refractivity contribution in [2.24, 2.45) is 5.92 Å². The lowest BCUT2D eigenvalue weighted by molar-refractivity contribution is 0.0675. The second-order valence-electron chi connectivity index (χ2n) is 10.1. The molecule has 0 unspecified atom stereocenters. The molecule has 0 N–H and O–H groups in total. The molecule has 1 saturated carbocycles. The van der Waals surface area contributed by atoms with E-state index in [1.165, 1.54) is 45.1 Å². The lowest BCUT2D eigenvalue weighted by Gasteiger charge is -2.34. The van der Waals surface area contributed by atoms with Crippen LogP contribution < -0.4 is 9.47 Å². The van der Waals surface area contributed by atoms with Crippen molar-refractivity contribution in [2.45, 2.75) is 57.5 Å². The minimum absolute atomic E-state index is 0.0136. The van der Waals surface area contributed by atoms with E-state index in [9.17, 15) is 4.79 Å². The average Bonchev–Trinajstić information content (AvgIpc) is 3.54. The van der Waals surface area contributed by atoms with Gasteiger partial charge in [-0.1, -0.05) is 31.4 Å². The quantitative estimate of drug-likeness (QED) is 0.356. The minimum Gasteiger partial charge on any atom is -0.493 e. The maximum absolute atomic E-state index is 13.9. The molecule has 1 amide bonds. The van der Waals surface area contributed by atoms with Gasteiger partial charge in [-0.25, -0.2) is 4.98 Å². The molecule has 36 heavy (non-hydrogen) atoms. The number of hydrogen-bond donors (Lipinski definition) is 0. The predicted molar refractivity (Wildman–Crippen MR) is 145 cm³/mol. The third-order valence-corrected chi connectivity index (χ3v) is 8.75. The highest BCUT2D eigenvalue weighted by atomic mass is 32.1. The number of carbonyl (C=O) groups excluding carboxylic acids is 1. The summed E-state index contributed by atoms with van der Waals surface area (Å²) in [4.78, 5) is 23.4. The van der Waals surface area contributed by atoms with Gasteiger partial charge >= 0.3 is 0 Å². The zero-order valence-electron chi connectivity index (χ0n) is 21.4. The van der Waals surface area contributed by atoms with Crippen LogP contribution in [0.2, 0.25) is 0 Å². The van der Waals surface area contributed by atoms with Crippen molar-refractivity contribution in [1.29, 1.82) is 0 Å². The summed E-state index contributed by atoms with van der Waals surface area (Å²) in [6, 6.07) is 14.0. The molecule has 1 aliphatic carbocycles. The number of nitrogens with zero attached hydrogens (tertiary/aromatic N) is 3. The molecular weight excluding hydrogens is 470 g/mol. The standard InChI is InChI=1S/C29H37N3O3S/c1-34-25-15-14-22(17-26(25)35-2)29(33)32(20-28-30-24-12-6-7-13-27(24)36-28)19-23-11-8-16-31(23)18-21-9-4-3-5-10-21/h6-7,12-15,17,21,23H,3-5,8-11,16,18-20H2,1-2H3/t23-/m0/s1. The van der Waals surface area contributed by atoms with Crippen LogP contribution in [0.4, 0.5) is 0 Å². The van der Waals surface area contributed by atoms with Crippen LogP contribution in [0.25, 0.3) is 10.2 Å². The van der Waals surface area contributed by atoms with E-state index in [4.69, 9.17) is 14.5 Å². The van der Waals surface area contributed by atoms with Gasteiger partial charge in [0.05, 0.1) is 31.0 Å². The Balaban J connectivity index is 1.38. The SMILES string of the molecule is COc1ccc(C(=O)N(Cc2nc3ccccc3s2)C[C@@H]2CCCN2CC2CCCCC2)cc1OC. The molecule has 0 spiro atoms. The summed E-state index contributed by atoms with van der Waals surface area (Å²) in [5.74, 6) is 2.02. The van der Waals surface area contributed by atoms with Gasteiger partial charge < -0.3 is 14.4 Å². The normalized spacial score (nSPS) is 19.0. The molecule has 2 fully saturated rings. The number of likely N-dealkylation sites (tertiary alicyclic amines) is 1. The molecule has 0 bridgehead atoms. The Kier molecular flexibility index (Phi) is 8.07. The zero-order chi connectivity index (χ0) is 24.9. The minimum atomic E-state index is 0.0136. The fourth-order valence-electron chi connectivity index (χ4n) is 5.82. The summed E-state index contributed by atoms with van der Waals surface area (Å²) in [6.45, 7) is 3.54. The van der Waals surface area contributed by atoms with Crippen LogP contribution in [0.3, 0.4) is 0 Å². The summed E-state index contributed by atoms with van der Waals surface area (Å²) in [5.41, 5.74) is 1.61. The number of thiazole rings is 1. The predicted octanol–water partition coefficient (Wildman–Crippen LogP) is 6.00. The smallest absolute Gasteiger partial charge is 0.254 e. The van der Waals surface area contributed by atoms with Gasteiger partial charge in [0.15, 0.2) is 11.5 Å². The van der Waals surface area contributed by atoms with Crippen LogP contribution in [0.1, 0.15) is 60.3 Å². The van der Waals surface area contributed by atoms with Gasteiger partial charge in [-0.2, -0.15) is 0 Å². The van der Waals surface area contributed by atoms with Gasteiger partial charge in [-0.15, -0.1) is 11.3 Å². The van der Waals surface area contributed by atoms with Crippen molar-refractivity contribution in [3.8, 4) is 11.5 Å². The molecule has 1 saturated heterocycles. The maximum Gasteiger partial charge on any atom is 0.254 e. The first-order chi connectivity index (χ1) is 17.6. The molecular formula is C29H37N3O3S. The Hall–Kier alpha value is -2.64. The number of ether oxygens (including phenoxy) is 2. The Bertz CT molecular complexity index is 1140. The second kappa shape index (κ2) is 11.6. The Morgan fingerprint density at radius 3 is 2.61 bits per heavy atom. The summed E-state index contributed by atoms with van der Waals surface area (Å²) in [5, 5.41) is 0.974. The van der Waals surface area contributed by atoms with Crippen LogP contribution in [0.5, 0.6) is 11.5 Å². The van der Waals surface area contributed by atoms with E-state index < -0.39 is 0 Å². The molecule has 1 aromatic heterocycles. The highest BCUT2D eigenvalue weighted by molar-refractivity contribution is 7.18. The fraction of sp³-hybridized carbons (Fsp3) is 0.517. The molecule has 7 heteroatoms. The number of benzene rings is 2. The van der Waals surface area contributed by atoms with Crippen molar-refractivity contribution < 1.29 is 14.3 Å². The lowest BCUT2D eigenvalue weighted by Crippen LogP contribution is -2.44. The molecule has 5 rings (SSSR count). The Morgan fingerprint density at radius 1 is 1.03 bits per heavy atom. The van der Waals surface area contributed by atoms with E-state index in [-0.39, 0.29) is 5.91 Å². The first-order valence-electron chi connectivity index (χ1n) is 13.2. The van der Waals surface area contributed by atoms with Crippen molar-refractivity contribution in [2.75, 3.05) is 33.9 Å². The largest absolute Gasteiger partial charge is 0.493 e. The van der Waals surface area contributed by atoms with Crippen LogP contribution >= 0.6 is 11.3 Å². The van der Waals surface area contributed by atoms with E-state index in [1.54, 1.807) is 31.6 Å². The van der Waals surface area contributed by atoms with E-state index >= 15 is 0 Å². The highest BCUT2D eigenvalue weighted by Gasteiger charge is 2.31. The average molecular weight is 508 g/mol. The molecule has 6 nitrogen and oxygen atoms in total. The zero-order valence-corrected chi connectivity index (χ0v) is 22.3. The second-order valence-corrected chi connectivity index (χ2v) is 11.2. The van der Waals surface area contributed by atoms with Gasteiger partial charge in [0, 0.05) is 24.7 Å².